The summed E-state index contributed by atoms with van der Waals surface area (Å²) in [5, 5.41) is 0. The molecule has 1 saturated carbocycles. The molecule has 1 aliphatic carbocycles. The zero-order chi connectivity index (χ0) is 21.8. The standard InChI is InChI=1S/C24H26N2O5/c1-3-12-25-17-10-6-5-9-16(17)24(23(25)29)19-20(27)15-8-4-7-11-18(15)31-21(19)22(28)26(24)13-14-30-2/h3,5-6,9-10,15,18H,1,4,7-8,11-14H2,2H3. The van der Waals surface area contributed by atoms with Gasteiger partial charge in [-0.3, -0.25) is 14.4 Å². The van der Waals surface area contributed by atoms with Crippen molar-refractivity contribution < 1.29 is 23.9 Å². The number of methoxy groups -OCH3 is 1. The molecule has 2 amide bonds. The monoisotopic (exact) mass is 422 g/mol. The number of hydrogen-bond donors (Lipinski definition) is 0. The number of ketones is 1. The summed E-state index contributed by atoms with van der Waals surface area (Å²) in [7, 11) is 1.55. The Hall–Kier alpha value is -2.93. The fraction of sp³-hybridized carbons (Fsp3) is 0.458. The quantitative estimate of drug-likeness (QED) is 0.681. The van der Waals surface area contributed by atoms with Gasteiger partial charge in [0.05, 0.1) is 23.8 Å². The molecule has 3 aliphatic heterocycles. The van der Waals surface area contributed by atoms with Gasteiger partial charge < -0.3 is 19.3 Å². The number of carbonyl (C=O) groups excluding carboxylic acids is 3. The van der Waals surface area contributed by atoms with Crippen LogP contribution in [0.3, 0.4) is 0 Å². The van der Waals surface area contributed by atoms with Crippen molar-refractivity contribution in [3.8, 4) is 0 Å². The summed E-state index contributed by atoms with van der Waals surface area (Å²) in [6, 6.07) is 7.36. The molecule has 0 N–H and O–H groups in total. The highest BCUT2D eigenvalue weighted by Gasteiger charge is 2.67. The lowest BCUT2D eigenvalue weighted by atomic mass is 9.73. The topological polar surface area (TPSA) is 76.2 Å². The Balaban J connectivity index is 1.75. The summed E-state index contributed by atoms with van der Waals surface area (Å²) < 4.78 is 11.4. The van der Waals surface area contributed by atoms with Crippen molar-refractivity contribution in [2.45, 2.75) is 37.3 Å². The van der Waals surface area contributed by atoms with Crippen LogP contribution in [0.4, 0.5) is 5.69 Å². The molecular weight excluding hydrogens is 396 g/mol. The second kappa shape index (κ2) is 7.34. The molecule has 3 atom stereocenters. The Morgan fingerprint density at radius 1 is 1.23 bits per heavy atom. The maximum atomic E-state index is 14.1. The van der Waals surface area contributed by atoms with Crippen molar-refractivity contribution in [1.82, 2.24) is 4.90 Å². The van der Waals surface area contributed by atoms with Gasteiger partial charge in [0, 0.05) is 25.8 Å². The average molecular weight is 422 g/mol. The third-order valence-corrected chi connectivity index (χ3v) is 6.96. The number of rotatable bonds is 5. The Bertz CT molecular complexity index is 1010. The van der Waals surface area contributed by atoms with E-state index in [9.17, 15) is 14.4 Å². The molecule has 0 aromatic heterocycles. The molecule has 7 heteroatoms. The van der Waals surface area contributed by atoms with E-state index < -0.39 is 11.4 Å². The number of hydrogen-bond acceptors (Lipinski definition) is 5. The van der Waals surface area contributed by atoms with Crippen molar-refractivity contribution in [2.24, 2.45) is 5.92 Å². The van der Waals surface area contributed by atoms with Gasteiger partial charge in [0.25, 0.3) is 11.8 Å². The molecule has 3 unspecified atom stereocenters. The van der Waals surface area contributed by atoms with Gasteiger partial charge in [-0.2, -0.15) is 0 Å². The molecule has 1 aromatic rings. The lowest BCUT2D eigenvalue weighted by Crippen LogP contribution is -2.55. The van der Waals surface area contributed by atoms with Gasteiger partial charge in [0.2, 0.25) is 0 Å². The van der Waals surface area contributed by atoms with E-state index in [0.717, 1.165) is 25.7 Å². The summed E-state index contributed by atoms with van der Waals surface area (Å²) in [4.78, 5) is 44.6. The lowest BCUT2D eigenvalue weighted by molar-refractivity contribution is -0.141. The van der Waals surface area contributed by atoms with Gasteiger partial charge in [-0.15, -0.1) is 6.58 Å². The smallest absolute Gasteiger partial charge is 0.290 e. The Morgan fingerprint density at radius 2 is 2.00 bits per heavy atom. The van der Waals surface area contributed by atoms with Crippen LogP contribution in [-0.2, 0) is 29.4 Å². The van der Waals surface area contributed by atoms with E-state index in [2.05, 4.69) is 6.58 Å². The van der Waals surface area contributed by atoms with Crippen LogP contribution in [0.25, 0.3) is 0 Å². The van der Waals surface area contributed by atoms with Crippen LogP contribution in [0.1, 0.15) is 31.2 Å². The molecule has 7 nitrogen and oxygen atoms in total. The number of para-hydroxylation sites is 1. The van der Waals surface area contributed by atoms with Crippen LogP contribution < -0.4 is 4.90 Å². The largest absolute Gasteiger partial charge is 0.483 e. The fourth-order valence-corrected chi connectivity index (χ4v) is 5.65. The predicted molar refractivity (Wildman–Crippen MR) is 113 cm³/mol. The van der Waals surface area contributed by atoms with E-state index >= 15 is 0 Å². The van der Waals surface area contributed by atoms with Gasteiger partial charge in [-0.1, -0.05) is 30.7 Å². The van der Waals surface area contributed by atoms with Crippen molar-refractivity contribution in [2.75, 3.05) is 31.7 Å². The van der Waals surface area contributed by atoms with Gasteiger partial charge in [0.1, 0.15) is 6.10 Å². The number of carbonyl (C=O) groups is 3. The summed E-state index contributed by atoms with van der Waals surface area (Å²) in [6.45, 7) is 4.49. The molecule has 3 heterocycles. The zero-order valence-electron chi connectivity index (χ0n) is 17.6. The highest BCUT2D eigenvalue weighted by atomic mass is 16.5. The van der Waals surface area contributed by atoms with E-state index in [1.807, 2.05) is 24.3 Å². The Labute approximate surface area is 181 Å². The summed E-state index contributed by atoms with van der Waals surface area (Å²) >= 11 is 0. The van der Waals surface area contributed by atoms with Crippen molar-refractivity contribution in [1.29, 1.82) is 0 Å². The Kier molecular flexibility index (Phi) is 4.73. The zero-order valence-corrected chi connectivity index (χ0v) is 17.6. The molecule has 1 fully saturated rings. The first-order valence-corrected chi connectivity index (χ1v) is 10.9. The second-order valence-corrected chi connectivity index (χ2v) is 8.50. The van der Waals surface area contributed by atoms with Gasteiger partial charge in [0.15, 0.2) is 17.1 Å². The SMILES string of the molecule is C=CCN1C(=O)C2(C3=C(OC4CCCCC4C3=O)C(=O)N2CCOC)c2ccccc21. The van der Waals surface area contributed by atoms with Gasteiger partial charge in [-0.25, -0.2) is 0 Å². The van der Waals surface area contributed by atoms with E-state index in [1.54, 1.807) is 18.1 Å². The second-order valence-electron chi connectivity index (χ2n) is 8.50. The van der Waals surface area contributed by atoms with E-state index in [4.69, 9.17) is 9.47 Å². The minimum Gasteiger partial charge on any atom is -0.483 e. The summed E-state index contributed by atoms with van der Waals surface area (Å²) in [5.74, 6) is -1.11. The fourth-order valence-electron chi connectivity index (χ4n) is 5.65. The number of nitrogens with zero attached hydrogens (tertiary/aromatic N) is 2. The van der Waals surface area contributed by atoms with Crippen molar-refractivity contribution in [3.05, 3.63) is 53.8 Å². The average Bonchev–Trinajstić information content (AvgIpc) is 3.18. The van der Waals surface area contributed by atoms with Crippen molar-refractivity contribution in [3.63, 3.8) is 0 Å². The van der Waals surface area contributed by atoms with Crippen LogP contribution in [-0.4, -0.2) is 55.4 Å². The number of benzene rings is 1. The van der Waals surface area contributed by atoms with Crippen LogP contribution in [0.5, 0.6) is 0 Å². The third-order valence-electron chi connectivity index (χ3n) is 6.96. The number of anilines is 1. The first-order valence-electron chi connectivity index (χ1n) is 10.9. The van der Waals surface area contributed by atoms with E-state index in [0.29, 0.717) is 11.3 Å². The van der Waals surface area contributed by atoms with Crippen molar-refractivity contribution >= 4 is 23.3 Å². The minimum absolute atomic E-state index is 0.0489. The number of Topliss-reactive ketones (excluding diaryl/α,β-unsaturated/α-hetero) is 1. The van der Waals surface area contributed by atoms with Crippen LogP contribution in [0.15, 0.2) is 48.3 Å². The molecular formula is C24H26N2O5. The molecule has 0 saturated heterocycles. The molecule has 1 spiro atoms. The molecule has 0 bridgehead atoms. The first kappa shape index (κ1) is 20.0. The maximum Gasteiger partial charge on any atom is 0.290 e. The highest BCUT2D eigenvalue weighted by molar-refractivity contribution is 6.24. The minimum atomic E-state index is -1.51. The van der Waals surface area contributed by atoms with Crippen LogP contribution in [0, 0.1) is 5.92 Å². The van der Waals surface area contributed by atoms with Gasteiger partial charge >= 0.3 is 0 Å². The lowest BCUT2D eigenvalue weighted by Gasteiger charge is -2.38. The van der Waals surface area contributed by atoms with Crippen LogP contribution >= 0.6 is 0 Å². The van der Waals surface area contributed by atoms with E-state index in [1.165, 1.54) is 4.90 Å². The highest BCUT2D eigenvalue weighted by Crippen LogP contribution is 2.56. The summed E-state index contributed by atoms with van der Waals surface area (Å²) in [6.07, 6.45) is 4.74. The number of fused-ring (bicyclic) bond motifs is 4. The van der Waals surface area contributed by atoms with Crippen LogP contribution in [0.2, 0.25) is 0 Å². The Morgan fingerprint density at radius 3 is 2.77 bits per heavy atom. The predicted octanol–water partition coefficient (Wildman–Crippen LogP) is 2.32. The maximum absolute atomic E-state index is 14.1. The van der Waals surface area contributed by atoms with Gasteiger partial charge in [-0.05, 0) is 25.3 Å². The molecule has 162 valence electrons. The molecule has 4 aliphatic rings. The van der Waals surface area contributed by atoms with E-state index in [-0.39, 0.29) is 54.7 Å². The molecule has 31 heavy (non-hydrogen) atoms. The number of amides is 2. The molecule has 5 rings (SSSR count). The first-order chi connectivity index (χ1) is 15.1. The summed E-state index contributed by atoms with van der Waals surface area (Å²) in [5.41, 5.74) is 0.0301. The molecule has 0 radical (unpaired) electrons. The third kappa shape index (κ3) is 2.53. The molecule has 1 aromatic carbocycles. The normalized spacial score (nSPS) is 29.3. The number of ether oxygens (including phenoxy) is 2.